The second kappa shape index (κ2) is 9.91. The SMILES string of the molecule is COc1ccc(S(=O)(=O)N(CC(=O)Nc2ccc(C)cc2C)c2ccc(F)cc2)cc1OC. The predicted octanol–water partition coefficient (Wildman–Crippen LogP) is 4.29. The van der Waals surface area contributed by atoms with Gasteiger partial charge in [-0.05, 0) is 61.9 Å². The molecule has 9 heteroatoms. The van der Waals surface area contributed by atoms with Gasteiger partial charge >= 0.3 is 0 Å². The van der Waals surface area contributed by atoms with Crippen molar-refractivity contribution >= 4 is 27.3 Å². The predicted molar refractivity (Wildman–Crippen MR) is 125 cm³/mol. The zero-order valence-corrected chi connectivity index (χ0v) is 19.6. The van der Waals surface area contributed by atoms with Crippen LogP contribution in [-0.4, -0.2) is 35.1 Å². The largest absolute Gasteiger partial charge is 0.493 e. The fourth-order valence-electron chi connectivity index (χ4n) is 3.30. The van der Waals surface area contributed by atoms with Gasteiger partial charge in [0.1, 0.15) is 12.4 Å². The Morgan fingerprint density at radius 1 is 0.939 bits per heavy atom. The lowest BCUT2D eigenvalue weighted by molar-refractivity contribution is -0.114. The molecule has 0 aliphatic carbocycles. The van der Waals surface area contributed by atoms with Crippen molar-refractivity contribution in [3.8, 4) is 11.5 Å². The maximum Gasteiger partial charge on any atom is 0.264 e. The summed E-state index contributed by atoms with van der Waals surface area (Å²) >= 11 is 0. The molecule has 1 N–H and O–H groups in total. The van der Waals surface area contributed by atoms with Crippen LogP contribution < -0.4 is 19.1 Å². The average Bonchev–Trinajstić information content (AvgIpc) is 2.79. The van der Waals surface area contributed by atoms with Crippen LogP contribution in [0.5, 0.6) is 11.5 Å². The second-order valence-corrected chi connectivity index (χ2v) is 9.23. The number of sulfonamides is 1. The van der Waals surface area contributed by atoms with E-state index < -0.39 is 28.3 Å². The van der Waals surface area contributed by atoms with Crippen LogP contribution in [-0.2, 0) is 14.8 Å². The minimum absolute atomic E-state index is 0.108. The van der Waals surface area contributed by atoms with Crippen LogP contribution in [0.2, 0.25) is 0 Å². The molecule has 1 amide bonds. The topological polar surface area (TPSA) is 84.9 Å². The highest BCUT2D eigenvalue weighted by atomic mass is 32.2. The molecule has 0 saturated carbocycles. The number of rotatable bonds is 8. The van der Waals surface area contributed by atoms with Gasteiger partial charge in [0.05, 0.1) is 24.8 Å². The average molecular weight is 473 g/mol. The van der Waals surface area contributed by atoms with E-state index in [1.165, 1.54) is 44.6 Å². The Hall–Kier alpha value is -3.59. The minimum Gasteiger partial charge on any atom is -0.493 e. The Balaban J connectivity index is 1.99. The number of hydrogen-bond donors (Lipinski definition) is 1. The Kier molecular flexibility index (Phi) is 7.23. The second-order valence-electron chi connectivity index (χ2n) is 7.37. The van der Waals surface area contributed by atoms with Crippen molar-refractivity contribution in [1.82, 2.24) is 0 Å². The first-order valence-corrected chi connectivity index (χ1v) is 11.5. The van der Waals surface area contributed by atoms with E-state index in [4.69, 9.17) is 9.47 Å². The summed E-state index contributed by atoms with van der Waals surface area (Å²) in [7, 11) is -1.38. The van der Waals surface area contributed by atoms with Crippen LogP contribution in [0.3, 0.4) is 0 Å². The molecule has 7 nitrogen and oxygen atoms in total. The highest BCUT2D eigenvalue weighted by Crippen LogP contribution is 2.32. The van der Waals surface area contributed by atoms with E-state index in [0.717, 1.165) is 27.6 Å². The lowest BCUT2D eigenvalue weighted by Crippen LogP contribution is -2.38. The number of nitrogens with zero attached hydrogens (tertiary/aromatic N) is 1. The van der Waals surface area contributed by atoms with Crippen molar-refractivity contribution in [2.24, 2.45) is 0 Å². The van der Waals surface area contributed by atoms with E-state index >= 15 is 0 Å². The van der Waals surface area contributed by atoms with Gasteiger partial charge in [0, 0.05) is 11.8 Å². The molecule has 0 aliphatic rings. The molecular weight excluding hydrogens is 447 g/mol. The molecule has 3 rings (SSSR count). The van der Waals surface area contributed by atoms with E-state index in [0.29, 0.717) is 11.4 Å². The van der Waals surface area contributed by atoms with Gasteiger partial charge in [-0.15, -0.1) is 0 Å². The molecule has 174 valence electrons. The summed E-state index contributed by atoms with van der Waals surface area (Å²) in [6, 6.07) is 14.5. The summed E-state index contributed by atoms with van der Waals surface area (Å²) in [6.45, 7) is 3.26. The van der Waals surface area contributed by atoms with Crippen molar-refractivity contribution in [2.75, 3.05) is 30.4 Å². The highest BCUT2D eigenvalue weighted by Gasteiger charge is 2.28. The number of amides is 1. The number of carbonyl (C=O) groups is 1. The zero-order valence-electron chi connectivity index (χ0n) is 18.8. The maximum absolute atomic E-state index is 13.5. The van der Waals surface area contributed by atoms with Gasteiger partial charge in [-0.1, -0.05) is 17.7 Å². The standard InChI is InChI=1S/C24H25FN2O5S/c1-16-5-11-21(17(2)13-16)26-24(28)15-27(19-8-6-18(25)7-9-19)33(29,30)20-10-12-22(31-3)23(14-20)32-4/h5-14H,15H2,1-4H3,(H,26,28). The molecule has 3 aromatic carbocycles. The Bertz CT molecular complexity index is 1260. The van der Waals surface area contributed by atoms with E-state index in [9.17, 15) is 17.6 Å². The summed E-state index contributed by atoms with van der Waals surface area (Å²) in [6.07, 6.45) is 0. The number of hydrogen-bond acceptors (Lipinski definition) is 5. The maximum atomic E-state index is 13.5. The third-order valence-corrected chi connectivity index (χ3v) is 6.77. The molecule has 0 aliphatic heterocycles. The Labute approximate surface area is 192 Å². The van der Waals surface area contributed by atoms with Gasteiger partial charge in [-0.25, -0.2) is 12.8 Å². The molecule has 0 atom stereocenters. The van der Waals surface area contributed by atoms with Crippen LogP contribution in [0.4, 0.5) is 15.8 Å². The first-order valence-electron chi connectivity index (χ1n) is 10.0. The number of halogens is 1. The quantitative estimate of drug-likeness (QED) is 0.529. The fraction of sp³-hybridized carbons (Fsp3) is 0.208. The van der Waals surface area contributed by atoms with Gasteiger partial charge in [-0.2, -0.15) is 0 Å². The molecule has 0 fully saturated rings. The fourth-order valence-corrected chi connectivity index (χ4v) is 4.74. The van der Waals surface area contributed by atoms with E-state index in [-0.39, 0.29) is 16.3 Å². The molecule has 0 spiro atoms. The van der Waals surface area contributed by atoms with Gasteiger partial charge in [0.25, 0.3) is 10.0 Å². The Morgan fingerprint density at radius 3 is 2.21 bits per heavy atom. The number of benzene rings is 3. The van der Waals surface area contributed by atoms with Crippen molar-refractivity contribution in [1.29, 1.82) is 0 Å². The van der Waals surface area contributed by atoms with Gasteiger partial charge < -0.3 is 14.8 Å². The van der Waals surface area contributed by atoms with Crippen LogP contribution >= 0.6 is 0 Å². The summed E-state index contributed by atoms with van der Waals surface area (Å²) in [5.74, 6) is -0.494. The molecule has 0 saturated heterocycles. The number of aryl methyl sites for hydroxylation is 2. The first kappa shape index (κ1) is 24.1. The summed E-state index contributed by atoms with van der Waals surface area (Å²) in [5, 5.41) is 2.75. The molecule has 3 aromatic rings. The number of nitrogens with one attached hydrogen (secondary N) is 1. The van der Waals surface area contributed by atoms with Crippen LogP contribution in [0.15, 0.2) is 65.6 Å². The van der Waals surface area contributed by atoms with Crippen molar-refractivity contribution in [2.45, 2.75) is 18.7 Å². The third kappa shape index (κ3) is 5.43. The van der Waals surface area contributed by atoms with E-state index in [2.05, 4.69) is 5.32 Å². The third-order valence-electron chi connectivity index (χ3n) is 5.00. The van der Waals surface area contributed by atoms with Crippen molar-refractivity contribution in [3.05, 3.63) is 77.6 Å². The molecule has 0 heterocycles. The van der Waals surface area contributed by atoms with Crippen LogP contribution in [0.25, 0.3) is 0 Å². The van der Waals surface area contributed by atoms with Gasteiger partial charge in [0.2, 0.25) is 5.91 Å². The monoisotopic (exact) mass is 472 g/mol. The highest BCUT2D eigenvalue weighted by molar-refractivity contribution is 7.92. The number of anilines is 2. The molecule has 0 radical (unpaired) electrons. The van der Waals surface area contributed by atoms with Gasteiger partial charge in [-0.3, -0.25) is 9.10 Å². The van der Waals surface area contributed by atoms with E-state index in [1.807, 2.05) is 26.0 Å². The smallest absolute Gasteiger partial charge is 0.264 e. The molecule has 0 bridgehead atoms. The minimum atomic E-state index is -4.21. The Morgan fingerprint density at radius 2 is 1.61 bits per heavy atom. The van der Waals surface area contributed by atoms with Crippen LogP contribution in [0, 0.1) is 19.7 Å². The van der Waals surface area contributed by atoms with E-state index in [1.54, 1.807) is 6.07 Å². The first-order chi connectivity index (χ1) is 15.6. The van der Waals surface area contributed by atoms with Crippen molar-refractivity contribution in [3.63, 3.8) is 0 Å². The summed E-state index contributed by atoms with van der Waals surface area (Å²) < 4.78 is 51.9. The normalized spacial score (nSPS) is 11.1. The zero-order chi connectivity index (χ0) is 24.2. The summed E-state index contributed by atoms with van der Waals surface area (Å²) in [5.41, 5.74) is 2.60. The van der Waals surface area contributed by atoms with Crippen LogP contribution in [0.1, 0.15) is 11.1 Å². The lowest BCUT2D eigenvalue weighted by Gasteiger charge is -2.24. The molecule has 33 heavy (non-hydrogen) atoms. The lowest BCUT2D eigenvalue weighted by atomic mass is 10.1. The molecular formula is C24H25FN2O5S. The summed E-state index contributed by atoms with van der Waals surface area (Å²) in [4.78, 5) is 12.8. The number of carbonyl (C=O) groups excluding carboxylic acids is 1. The molecule has 0 aromatic heterocycles. The number of ether oxygens (including phenoxy) is 2. The number of methoxy groups -OCH3 is 2. The van der Waals surface area contributed by atoms with Gasteiger partial charge in [0.15, 0.2) is 11.5 Å². The molecule has 0 unspecified atom stereocenters. The van der Waals surface area contributed by atoms with Crippen molar-refractivity contribution < 1.29 is 27.1 Å².